The van der Waals surface area contributed by atoms with Crippen LogP contribution in [0.3, 0.4) is 0 Å². The monoisotopic (exact) mass is 248 g/mol. The Bertz CT molecular complexity index is 580. The van der Waals surface area contributed by atoms with Crippen LogP contribution in [0.1, 0.15) is 31.7 Å². The van der Waals surface area contributed by atoms with E-state index >= 15 is 0 Å². The van der Waals surface area contributed by atoms with Gasteiger partial charge in [-0.05, 0) is 34.6 Å². The SMILES string of the molecule is CC(C)C1=CC2=CC=CCC(c3ccccc3)C2=C1. The summed E-state index contributed by atoms with van der Waals surface area (Å²) in [5, 5.41) is 0. The van der Waals surface area contributed by atoms with Gasteiger partial charge in [0.2, 0.25) is 0 Å². The van der Waals surface area contributed by atoms with E-state index in [1.54, 1.807) is 0 Å². The van der Waals surface area contributed by atoms with Crippen LogP contribution in [0.4, 0.5) is 0 Å². The zero-order valence-corrected chi connectivity index (χ0v) is 11.6. The summed E-state index contributed by atoms with van der Waals surface area (Å²) < 4.78 is 0. The molecule has 0 aliphatic heterocycles. The highest BCUT2D eigenvalue weighted by atomic mass is 14.3. The van der Waals surface area contributed by atoms with Gasteiger partial charge in [0.05, 0.1) is 0 Å². The lowest BCUT2D eigenvalue weighted by Crippen LogP contribution is -2.01. The lowest BCUT2D eigenvalue weighted by molar-refractivity contribution is 0.788. The first-order chi connectivity index (χ1) is 9.25. The zero-order chi connectivity index (χ0) is 13.2. The summed E-state index contributed by atoms with van der Waals surface area (Å²) in [6.45, 7) is 4.53. The molecule has 0 fully saturated rings. The molecule has 2 aliphatic rings. The van der Waals surface area contributed by atoms with Crippen LogP contribution in [0.5, 0.6) is 0 Å². The van der Waals surface area contributed by atoms with E-state index in [0.717, 1.165) is 6.42 Å². The van der Waals surface area contributed by atoms with Crippen LogP contribution in [0.25, 0.3) is 0 Å². The fourth-order valence-electron chi connectivity index (χ4n) is 2.86. The third-order valence-corrected chi connectivity index (χ3v) is 4.01. The Labute approximate surface area is 115 Å². The summed E-state index contributed by atoms with van der Waals surface area (Å²) in [6.07, 6.45) is 12.6. The van der Waals surface area contributed by atoms with E-state index in [-0.39, 0.29) is 0 Å². The molecule has 0 heterocycles. The Hall–Kier alpha value is -1.82. The Morgan fingerprint density at radius 2 is 1.84 bits per heavy atom. The van der Waals surface area contributed by atoms with E-state index in [4.69, 9.17) is 0 Å². The minimum absolute atomic E-state index is 0.499. The highest BCUT2D eigenvalue weighted by Gasteiger charge is 2.23. The van der Waals surface area contributed by atoms with Crippen LogP contribution < -0.4 is 0 Å². The lowest BCUT2D eigenvalue weighted by Gasteiger charge is -2.17. The Morgan fingerprint density at radius 1 is 1.05 bits per heavy atom. The number of fused-ring (bicyclic) bond motifs is 1. The molecule has 1 aromatic carbocycles. The first-order valence-electron chi connectivity index (χ1n) is 7.11. The predicted molar refractivity (Wildman–Crippen MR) is 82.0 cm³/mol. The molecular formula is C19H20. The highest BCUT2D eigenvalue weighted by molar-refractivity contribution is 5.59. The van der Waals surface area contributed by atoms with Crippen LogP contribution in [-0.4, -0.2) is 0 Å². The minimum Gasteiger partial charge on any atom is -0.0836 e. The molecule has 1 atom stereocenters. The molecule has 0 N–H and O–H groups in total. The normalized spacial score (nSPS) is 21.6. The van der Waals surface area contributed by atoms with Gasteiger partial charge in [0.15, 0.2) is 0 Å². The Kier molecular flexibility index (Phi) is 3.25. The summed E-state index contributed by atoms with van der Waals surface area (Å²) >= 11 is 0. The van der Waals surface area contributed by atoms with E-state index < -0.39 is 0 Å². The summed E-state index contributed by atoms with van der Waals surface area (Å²) in [5.41, 5.74) is 5.76. The van der Waals surface area contributed by atoms with Gasteiger partial charge < -0.3 is 0 Å². The first-order valence-corrected chi connectivity index (χ1v) is 7.11. The summed E-state index contributed by atoms with van der Waals surface area (Å²) in [4.78, 5) is 0. The maximum atomic E-state index is 2.40. The molecule has 0 bridgehead atoms. The molecule has 1 aromatic rings. The van der Waals surface area contributed by atoms with Crippen LogP contribution >= 0.6 is 0 Å². The van der Waals surface area contributed by atoms with Gasteiger partial charge in [0.25, 0.3) is 0 Å². The Morgan fingerprint density at radius 3 is 2.58 bits per heavy atom. The smallest absolute Gasteiger partial charge is 0.0130 e. The van der Waals surface area contributed by atoms with Crippen molar-refractivity contribution in [2.45, 2.75) is 26.2 Å². The molecule has 0 heteroatoms. The molecule has 0 aromatic heterocycles. The van der Waals surface area contributed by atoms with Gasteiger partial charge in [-0.25, -0.2) is 0 Å². The molecule has 0 radical (unpaired) electrons. The molecule has 0 spiro atoms. The van der Waals surface area contributed by atoms with E-state index in [9.17, 15) is 0 Å². The number of allylic oxidation sites excluding steroid dienone is 8. The van der Waals surface area contributed by atoms with Crippen LogP contribution in [-0.2, 0) is 0 Å². The second-order valence-corrected chi connectivity index (χ2v) is 5.65. The Balaban J connectivity index is 2.02. The molecule has 96 valence electrons. The molecule has 0 saturated heterocycles. The predicted octanol–water partition coefficient (Wildman–Crippen LogP) is 5.18. The average molecular weight is 248 g/mol. The van der Waals surface area contributed by atoms with Gasteiger partial charge in [-0.1, -0.05) is 74.6 Å². The third-order valence-electron chi connectivity index (χ3n) is 4.01. The van der Waals surface area contributed by atoms with Crippen molar-refractivity contribution >= 4 is 0 Å². The highest BCUT2D eigenvalue weighted by Crippen LogP contribution is 2.40. The van der Waals surface area contributed by atoms with Crippen molar-refractivity contribution in [1.29, 1.82) is 0 Å². The molecule has 1 unspecified atom stereocenters. The van der Waals surface area contributed by atoms with Crippen molar-refractivity contribution in [3.63, 3.8) is 0 Å². The maximum Gasteiger partial charge on any atom is 0.0130 e. The van der Waals surface area contributed by atoms with Gasteiger partial charge >= 0.3 is 0 Å². The van der Waals surface area contributed by atoms with Gasteiger partial charge in [0.1, 0.15) is 0 Å². The summed E-state index contributed by atoms with van der Waals surface area (Å²) in [5.74, 6) is 1.10. The summed E-state index contributed by atoms with van der Waals surface area (Å²) in [6, 6.07) is 10.9. The van der Waals surface area contributed by atoms with Gasteiger partial charge in [-0.15, -0.1) is 0 Å². The number of hydrogen-bond donors (Lipinski definition) is 0. The van der Waals surface area contributed by atoms with Crippen molar-refractivity contribution < 1.29 is 0 Å². The fourth-order valence-corrected chi connectivity index (χ4v) is 2.86. The van der Waals surface area contributed by atoms with Crippen molar-refractivity contribution in [3.8, 4) is 0 Å². The molecule has 2 aliphatic carbocycles. The van der Waals surface area contributed by atoms with Crippen molar-refractivity contribution in [3.05, 3.63) is 83.0 Å². The summed E-state index contributed by atoms with van der Waals surface area (Å²) in [7, 11) is 0. The molecular weight excluding hydrogens is 228 g/mol. The second-order valence-electron chi connectivity index (χ2n) is 5.65. The number of hydrogen-bond acceptors (Lipinski definition) is 0. The fraction of sp³-hybridized carbons (Fsp3) is 0.263. The quantitative estimate of drug-likeness (QED) is 0.676. The second kappa shape index (κ2) is 5.05. The van der Waals surface area contributed by atoms with Crippen molar-refractivity contribution in [1.82, 2.24) is 0 Å². The number of rotatable bonds is 2. The van der Waals surface area contributed by atoms with Gasteiger partial charge in [-0.3, -0.25) is 0 Å². The van der Waals surface area contributed by atoms with E-state index in [2.05, 4.69) is 74.6 Å². The van der Waals surface area contributed by atoms with Gasteiger partial charge in [-0.2, -0.15) is 0 Å². The molecule has 0 saturated carbocycles. The topological polar surface area (TPSA) is 0 Å². The van der Waals surface area contributed by atoms with Gasteiger partial charge in [0, 0.05) is 5.92 Å². The van der Waals surface area contributed by atoms with E-state index in [1.807, 2.05) is 0 Å². The average Bonchev–Trinajstić information content (AvgIpc) is 2.75. The maximum absolute atomic E-state index is 2.40. The largest absolute Gasteiger partial charge is 0.0836 e. The first kappa shape index (κ1) is 12.2. The molecule has 3 rings (SSSR count). The zero-order valence-electron chi connectivity index (χ0n) is 11.6. The molecule has 0 nitrogen and oxygen atoms in total. The standard InChI is InChI=1S/C19H20/c1-14(2)17-12-16-10-6-7-11-18(19(16)13-17)15-8-4-3-5-9-15/h3-10,12-14,18H,11H2,1-2H3. The molecule has 19 heavy (non-hydrogen) atoms. The van der Waals surface area contributed by atoms with Crippen LogP contribution in [0.2, 0.25) is 0 Å². The number of benzene rings is 1. The van der Waals surface area contributed by atoms with Crippen LogP contribution in [0.15, 0.2) is 77.4 Å². The minimum atomic E-state index is 0.499. The molecule has 0 amide bonds. The van der Waals surface area contributed by atoms with E-state index in [1.165, 1.54) is 22.3 Å². The van der Waals surface area contributed by atoms with E-state index in [0.29, 0.717) is 11.8 Å². The lowest BCUT2D eigenvalue weighted by atomic mass is 9.86. The van der Waals surface area contributed by atoms with Crippen molar-refractivity contribution in [2.75, 3.05) is 0 Å². The van der Waals surface area contributed by atoms with Crippen molar-refractivity contribution in [2.24, 2.45) is 5.92 Å². The third kappa shape index (κ3) is 2.35. The van der Waals surface area contributed by atoms with Crippen LogP contribution in [0, 0.1) is 5.92 Å².